The monoisotopic (exact) mass is 262 g/mol. The van der Waals surface area contributed by atoms with Gasteiger partial charge in [-0.3, -0.25) is 0 Å². The van der Waals surface area contributed by atoms with E-state index in [2.05, 4.69) is 15.3 Å². The third-order valence-corrected chi connectivity index (χ3v) is 3.12. The zero-order valence-electron chi connectivity index (χ0n) is 11.4. The van der Waals surface area contributed by atoms with Crippen LogP contribution in [0.2, 0.25) is 0 Å². The number of nitrogens with zero attached hydrogens (tertiary/aromatic N) is 1. The molecule has 1 unspecified atom stereocenters. The molecule has 0 radical (unpaired) electrons. The molecule has 1 aromatic heterocycles. The summed E-state index contributed by atoms with van der Waals surface area (Å²) in [6.07, 6.45) is 2.02. The van der Waals surface area contributed by atoms with Gasteiger partial charge in [0.15, 0.2) is 0 Å². The van der Waals surface area contributed by atoms with Crippen molar-refractivity contribution in [1.82, 2.24) is 15.3 Å². The Morgan fingerprint density at radius 2 is 2.26 bits per heavy atom. The van der Waals surface area contributed by atoms with Crippen molar-refractivity contribution in [2.75, 3.05) is 20.3 Å². The number of hydrogen-bond donors (Lipinski definition) is 3. The molecule has 5 nitrogen and oxygen atoms in total. The number of para-hydroxylation sites is 2. The van der Waals surface area contributed by atoms with E-state index in [0.29, 0.717) is 25.7 Å². The van der Waals surface area contributed by atoms with E-state index in [9.17, 15) is 0 Å². The van der Waals surface area contributed by atoms with Crippen molar-refractivity contribution in [1.29, 1.82) is 0 Å². The first kappa shape index (κ1) is 14.0. The van der Waals surface area contributed by atoms with Gasteiger partial charge in [-0.1, -0.05) is 12.1 Å². The lowest BCUT2D eigenvalue weighted by molar-refractivity contribution is 0.160. The summed E-state index contributed by atoms with van der Waals surface area (Å²) in [6, 6.07) is 8.37. The Labute approximate surface area is 113 Å². The van der Waals surface area contributed by atoms with Crippen LogP contribution in [0.4, 0.5) is 0 Å². The highest BCUT2D eigenvalue weighted by Crippen LogP contribution is 2.10. The Morgan fingerprint density at radius 1 is 1.42 bits per heavy atom. The topological polar surface area (TPSA) is 76.0 Å². The van der Waals surface area contributed by atoms with Gasteiger partial charge in [-0.15, -0.1) is 0 Å². The summed E-state index contributed by atoms with van der Waals surface area (Å²) in [5.74, 6) is 0.954. The van der Waals surface area contributed by atoms with Crippen LogP contribution < -0.4 is 11.1 Å². The molecular weight excluding hydrogens is 240 g/mol. The molecule has 0 bridgehead atoms. The van der Waals surface area contributed by atoms with E-state index < -0.39 is 0 Å². The van der Waals surface area contributed by atoms with Crippen molar-refractivity contribution in [2.24, 2.45) is 5.73 Å². The van der Waals surface area contributed by atoms with Gasteiger partial charge >= 0.3 is 0 Å². The van der Waals surface area contributed by atoms with Crippen LogP contribution in [-0.4, -0.2) is 36.3 Å². The lowest BCUT2D eigenvalue weighted by atomic mass is 10.1. The maximum absolute atomic E-state index is 5.54. The van der Waals surface area contributed by atoms with E-state index in [0.717, 1.165) is 29.7 Å². The standard InChI is InChI=1S/C14H22N4O/c1-19-10-11(5-4-8-15)16-9-14-17-12-6-2-3-7-13(12)18-14/h2-3,6-7,11,16H,4-5,8-10,15H2,1H3,(H,17,18). The van der Waals surface area contributed by atoms with Gasteiger partial charge in [0, 0.05) is 13.2 Å². The van der Waals surface area contributed by atoms with E-state index in [4.69, 9.17) is 10.5 Å². The van der Waals surface area contributed by atoms with Crippen molar-refractivity contribution >= 4 is 11.0 Å². The average Bonchev–Trinajstić information content (AvgIpc) is 2.84. The van der Waals surface area contributed by atoms with Gasteiger partial charge < -0.3 is 20.8 Å². The lowest BCUT2D eigenvalue weighted by Gasteiger charge is -2.16. The normalized spacial score (nSPS) is 12.9. The van der Waals surface area contributed by atoms with Crippen LogP contribution in [0.25, 0.3) is 11.0 Å². The maximum Gasteiger partial charge on any atom is 0.121 e. The summed E-state index contributed by atoms with van der Waals surface area (Å²) < 4.78 is 5.21. The Bertz CT molecular complexity index is 464. The summed E-state index contributed by atoms with van der Waals surface area (Å²) >= 11 is 0. The molecule has 0 aliphatic carbocycles. The molecule has 2 aromatic rings. The van der Waals surface area contributed by atoms with Crippen LogP contribution in [0.5, 0.6) is 0 Å². The fraction of sp³-hybridized carbons (Fsp3) is 0.500. The van der Waals surface area contributed by atoms with Crippen LogP contribution in [0.3, 0.4) is 0 Å². The SMILES string of the molecule is COCC(CCCN)NCc1nc2ccccc2[nH]1. The minimum Gasteiger partial charge on any atom is -0.383 e. The third-order valence-electron chi connectivity index (χ3n) is 3.12. The number of nitrogens with two attached hydrogens (primary N) is 1. The largest absolute Gasteiger partial charge is 0.383 e. The van der Waals surface area contributed by atoms with E-state index in [-0.39, 0.29) is 0 Å². The molecule has 0 amide bonds. The fourth-order valence-corrected chi connectivity index (χ4v) is 2.14. The average molecular weight is 262 g/mol. The van der Waals surface area contributed by atoms with Gasteiger partial charge in [-0.05, 0) is 31.5 Å². The second-order valence-corrected chi connectivity index (χ2v) is 4.66. The summed E-state index contributed by atoms with van der Waals surface area (Å²) in [7, 11) is 1.72. The molecule has 104 valence electrons. The molecule has 0 spiro atoms. The quantitative estimate of drug-likeness (QED) is 0.672. The lowest BCUT2D eigenvalue weighted by Crippen LogP contribution is -2.33. The minimum atomic E-state index is 0.321. The van der Waals surface area contributed by atoms with E-state index in [1.807, 2.05) is 24.3 Å². The van der Waals surface area contributed by atoms with E-state index in [1.54, 1.807) is 7.11 Å². The number of ether oxygens (including phenoxy) is 1. The van der Waals surface area contributed by atoms with Gasteiger partial charge in [0.25, 0.3) is 0 Å². The first-order valence-electron chi connectivity index (χ1n) is 6.69. The smallest absolute Gasteiger partial charge is 0.121 e. The third kappa shape index (κ3) is 4.02. The highest BCUT2D eigenvalue weighted by atomic mass is 16.5. The second-order valence-electron chi connectivity index (χ2n) is 4.66. The van der Waals surface area contributed by atoms with Crippen molar-refractivity contribution in [2.45, 2.75) is 25.4 Å². The Kier molecular flexibility index (Phi) is 5.32. The molecule has 4 N–H and O–H groups in total. The molecule has 1 heterocycles. The molecule has 5 heteroatoms. The zero-order chi connectivity index (χ0) is 13.5. The summed E-state index contributed by atoms with van der Waals surface area (Å²) in [4.78, 5) is 7.85. The molecule has 0 saturated carbocycles. The molecule has 0 fully saturated rings. The molecule has 1 aromatic carbocycles. The number of benzene rings is 1. The number of aromatic nitrogens is 2. The number of aromatic amines is 1. The van der Waals surface area contributed by atoms with Crippen LogP contribution in [0.1, 0.15) is 18.7 Å². The van der Waals surface area contributed by atoms with Crippen molar-refractivity contribution in [3.05, 3.63) is 30.1 Å². The Hall–Kier alpha value is -1.43. The van der Waals surface area contributed by atoms with Gasteiger partial charge in [0.2, 0.25) is 0 Å². The Morgan fingerprint density at radius 3 is 3.00 bits per heavy atom. The molecule has 19 heavy (non-hydrogen) atoms. The van der Waals surface area contributed by atoms with Gasteiger partial charge in [-0.25, -0.2) is 4.98 Å². The number of rotatable bonds is 8. The predicted octanol–water partition coefficient (Wildman–Crippen LogP) is 1.41. The molecule has 0 saturated heterocycles. The molecule has 2 rings (SSSR count). The van der Waals surface area contributed by atoms with Gasteiger partial charge in [0.05, 0.1) is 24.2 Å². The second kappa shape index (κ2) is 7.23. The molecule has 0 aliphatic heterocycles. The molecule has 1 atom stereocenters. The number of hydrogen-bond acceptors (Lipinski definition) is 4. The maximum atomic E-state index is 5.54. The first-order valence-corrected chi connectivity index (χ1v) is 6.69. The van der Waals surface area contributed by atoms with E-state index >= 15 is 0 Å². The number of imidazole rings is 1. The summed E-state index contributed by atoms with van der Waals surface area (Å²) in [6.45, 7) is 2.13. The van der Waals surface area contributed by atoms with E-state index in [1.165, 1.54) is 0 Å². The van der Waals surface area contributed by atoms with Crippen molar-refractivity contribution in [3.8, 4) is 0 Å². The number of methoxy groups -OCH3 is 1. The van der Waals surface area contributed by atoms with Crippen molar-refractivity contribution in [3.63, 3.8) is 0 Å². The fourth-order valence-electron chi connectivity index (χ4n) is 2.14. The van der Waals surface area contributed by atoms with Crippen molar-refractivity contribution < 1.29 is 4.74 Å². The predicted molar refractivity (Wildman–Crippen MR) is 76.9 cm³/mol. The summed E-state index contributed by atoms with van der Waals surface area (Å²) in [5.41, 5.74) is 7.62. The highest BCUT2D eigenvalue weighted by Gasteiger charge is 2.09. The summed E-state index contributed by atoms with van der Waals surface area (Å²) in [5, 5.41) is 3.46. The minimum absolute atomic E-state index is 0.321. The van der Waals surface area contributed by atoms with Crippen LogP contribution in [0.15, 0.2) is 24.3 Å². The highest BCUT2D eigenvalue weighted by molar-refractivity contribution is 5.74. The molecule has 0 aliphatic rings. The van der Waals surface area contributed by atoms with Crippen LogP contribution >= 0.6 is 0 Å². The van der Waals surface area contributed by atoms with Crippen LogP contribution in [-0.2, 0) is 11.3 Å². The molecular formula is C14H22N4O. The van der Waals surface area contributed by atoms with Gasteiger partial charge in [0.1, 0.15) is 5.82 Å². The van der Waals surface area contributed by atoms with Crippen LogP contribution in [0, 0.1) is 0 Å². The Balaban J connectivity index is 1.91. The van der Waals surface area contributed by atoms with Gasteiger partial charge in [-0.2, -0.15) is 0 Å². The number of fused-ring (bicyclic) bond motifs is 1. The zero-order valence-corrected chi connectivity index (χ0v) is 11.4. The number of nitrogens with one attached hydrogen (secondary N) is 2. The first-order chi connectivity index (χ1) is 9.33. The number of H-pyrrole nitrogens is 1.